The fraction of sp³-hybridized carbons (Fsp3) is 0.611. The lowest BCUT2D eigenvalue weighted by molar-refractivity contribution is -0.181. The number of amides is 1. The standard InChI is InChI=1S/C16H22F2N4O.C2H4F2O/c1-11(16(3,17)18)5-6-13-9-14(20-10-19-13)21-12(2)15(23)22-7-4-8-22;1-2(3,4)5/h9-10,12H,1,4-8H2,2-3H3,(H,19,20,21);5H,1H3/t12-;/m1./s1. The summed E-state index contributed by atoms with van der Waals surface area (Å²) in [6, 6.07) is 1.30. The van der Waals surface area contributed by atoms with Crippen molar-refractivity contribution < 1.29 is 27.5 Å². The van der Waals surface area contributed by atoms with Crippen LogP contribution in [0.2, 0.25) is 0 Å². The number of aliphatic hydroxyl groups is 1. The summed E-state index contributed by atoms with van der Waals surface area (Å²) in [4.78, 5) is 22.0. The fourth-order valence-corrected chi connectivity index (χ4v) is 2.21. The molecule has 0 spiro atoms. The van der Waals surface area contributed by atoms with Crippen LogP contribution in [0.3, 0.4) is 0 Å². The predicted octanol–water partition coefficient (Wildman–Crippen LogP) is 3.24. The van der Waals surface area contributed by atoms with E-state index in [0.29, 0.717) is 24.9 Å². The highest BCUT2D eigenvalue weighted by Gasteiger charge is 2.26. The Hall–Kier alpha value is -2.23. The third-order valence-electron chi connectivity index (χ3n) is 3.93. The molecule has 2 heterocycles. The Kier molecular flexibility index (Phi) is 8.34. The average molecular weight is 406 g/mol. The first kappa shape index (κ1) is 23.8. The van der Waals surface area contributed by atoms with E-state index in [2.05, 4.69) is 21.9 Å². The number of carbonyl (C=O) groups excluding carboxylic acids is 1. The van der Waals surface area contributed by atoms with E-state index in [1.807, 2.05) is 0 Å². The molecule has 1 aromatic rings. The SMILES string of the molecule is C=C(CCc1cc(N[C@H](C)C(=O)N2CCC2)ncn1)C(C)(F)F.CC(O)(F)F. The van der Waals surface area contributed by atoms with Crippen LogP contribution in [-0.2, 0) is 11.2 Å². The molecule has 10 heteroatoms. The van der Waals surface area contributed by atoms with Crippen LogP contribution in [0.25, 0.3) is 0 Å². The molecule has 28 heavy (non-hydrogen) atoms. The van der Waals surface area contributed by atoms with E-state index in [0.717, 1.165) is 26.4 Å². The number of rotatable bonds is 7. The Bertz CT molecular complexity index is 664. The molecule has 1 atom stereocenters. The van der Waals surface area contributed by atoms with E-state index in [4.69, 9.17) is 5.11 Å². The van der Waals surface area contributed by atoms with Gasteiger partial charge in [-0.1, -0.05) is 6.58 Å². The largest absolute Gasteiger partial charge is 0.359 e. The number of halogens is 4. The zero-order valence-corrected chi connectivity index (χ0v) is 16.2. The van der Waals surface area contributed by atoms with E-state index in [-0.39, 0.29) is 23.9 Å². The van der Waals surface area contributed by atoms with Gasteiger partial charge in [-0.3, -0.25) is 4.79 Å². The van der Waals surface area contributed by atoms with Crippen molar-refractivity contribution in [3.8, 4) is 0 Å². The number of nitrogens with one attached hydrogen (secondary N) is 1. The Morgan fingerprint density at radius 1 is 1.32 bits per heavy atom. The van der Waals surface area contributed by atoms with Crippen molar-refractivity contribution in [3.63, 3.8) is 0 Å². The lowest BCUT2D eigenvalue weighted by Crippen LogP contribution is -2.48. The molecule has 1 fully saturated rings. The molecule has 1 aromatic heterocycles. The number of alkyl halides is 4. The van der Waals surface area contributed by atoms with Crippen LogP contribution < -0.4 is 5.32 Å². The Morgan fingerprint density at radius 2 is 1.89 bits per heavy atom. The topological polar surface area (TPSA) is 78.4 Å². The van der Waals surface area contributed by atoms with Crippen molar-refractivity contribution in [1.29, 1.82) is 0 Å². The molecule has 2 rings (SSSR count). The summed E-state index contributed by atoms with van der Waals surface area (Å²) in [6.07, 6.45) is -0.580. The number of anilines is 1. The summed E-state index contributed by atoms with van der Waals surface area (Å²) in [6.45, 7) is 8.04. The van der Waals surface area contributed by atoms with Gasteiger partial charge >= 0.3 is 6.11 Å². The van der Waals surface area contributed by atoms with Crippen molar-refractivity contribution in [3.05, 3.63) is 30.2 Å². The number of likely N-dealkylation sites (tertiary alicyclic amines) is 1. The molecule has 0 unspecified atom stereocenters. The number of hydrogen-bond acceptors (Lipinski definition) is 5. The van der Waals surface area contributed by atoms with Crippen molar-refractivity contribution in [2.45, 2.75) is 58.1 Å². The molecule has 2 N–H and O–H groups in total. The van der Waals surface area contributed by atoms with Crippen molar-refractivity contribution in [1.82, 2.24) is 14.9 Å². The lowest BCUT2D eigenvalue weighted by Gasteiger charge is -2.33. The molecular formula is C18H26F4N4O2. The normalized spacial score (nSPS) is 15.1. The van der Waals surface area contributed by atoms with Gasteiger partial charge in [0.15, 0.2) is 0 Å². The van der Waals surface area contributed by atoms with Gasteiger partial charge in [-0.2, -0.15) is 8.78 Å². The summed E-state index contributed by atoms with van der Waals surface area (Å²) in [7, 11) is 0. The highest BCUT2D eigenvalue weighted by Crippen LogP contribution is 2.25. The molecule has 0 aliphatic carbocycles. The molecule has 158 valence electrons. The summed E-state index contributed by atoms with van der Waals surface area (Å²) >= 11 is 0. The second-order valence-electron chi connectivity index (χ2n) is 6.77. The Morgan fingerprint density at radius 3 is 2.36 bits per heavy atom. The van der Waals surface area contributed by atoms with E-state index >= 15 is 0 Å². The van der Waals surface area contributed by atoms with Gasteiger partial charge in [0.25, 0.3) is 5.92 Å². The summed E-state index contributed by atoms with van der Waals surface area (Å²) in [5.41, 5.74) is 0.517. The van der Waals surface area contributed by atoms with Gasteiger partial charge in [0.1, 0.15) is 18.2 Å². The molecule has 0 saturated carbocycles. The third kappa shape index (κ3) is 9.12. The third-order valence-corrected chi connectivity index (χ3v) is 3.93. The molecule has 0 bridgehead atoms. The first-order valence-corrected chi connectivity index (χ1v) is 8.80. The number of aromatic nitrogens is 2. The first-order valence-electron chi connectivity index (χ1n) is 8.80. The molecule has 0 radical (unpaired) electrons. The van der Waals surface area contributed by atoms with Gasteiger partial charge in [-0.15, -0.1) is 0 Å². The number of hydrogen-bond donors (Lipinski definition) is 2. The quantitative estimate of drug-likeness (QED) is 0.537. The molecule has 6 nitrogen and oxygen atoms in total. The van der Waals surface area contributed by atoms with Crippen LogP contribution in [0.4, 0.5) is 23.4 Å². The zero-order chi connectivity index (χ0) is 21.5. The fourth-order valence-electron chi connectivity index (χ4n) is 2.21. The number of aryl methyl sites for hydroxylation is 1. The average Bonchev–Trinajstić information content (AvgIpc) is 2.48. The predicted molar refractivity (Wildman–Crippen MR) is 97.2 cm³/mol. The van der Waals surface area contributed by atoms with Crippen LogP contribution >= 0.6 is 0 Å². The minimum atomic E-state index is -3.50. The Labute approximate surface area is 161 Å². The van der Waals surface area contributed by atoms with E-state index in [9.17, 15) is 22.4 Å². The van der Waals surface area contributed by atoms with Crippen LogP contribution in [0.15, 0.2) is 24.5 Å². The van der Waals surface area contributed by atoms with Gasteiger partial charge in [0, 0.05) is 38.7 Å². The monoisotopic (exact) mass is 406 g/mol. The second-order valence-corrected chi connectivity index (χ2v) is 6.77. The minimum absolute atomic E-state index is 0.0374. The highest BCUT2D eigenvalue weighted by molar-refractivity contribution is 5.84. The van der Waals surface area contributed by atoms with Crippen LogP contribution in [0, 0.1) is 0 Å². The first-order chi connectivity index (χ1) is 12.8. The van der Waals surface area contributed by atoms with E-state index < -0.39 is 12.0 Å². The van der Waals surface area contributed by atoms with Crippen molar-refractivity contribution in [2.75, 3.05) is 18.4 Å². The molecular weight excluding hydrogens is 380 g/mol. The zero-order valence-electron chi connectivity index (χ0n) is 16.2. The molecule has 1 saturated heterocycles. The maximum atomic E-state index is 13.1. The van der Waals surface area contributed by atoms with Crippen molar-refractivity contribution in [2.24, 2.45) is 0 Å². The Balaban J connectivity index is 0.000000696. The minimum Gasteiger partial charge on any atom is -0.359 e. The molecule has 1 aliphatic rings. The smallest absolute Gasteiger partial charge is 0.350 e. The summed E-state index contributed by atoms with van der Waals surface area (Å²) in [5, 5.41) is 10.2. The second kappa shape index (κ2) is 9.81. The molecule has 1 amide bonds. The van der Waals surface area contributed by atoms with Crippen LogP contribution in [0.5, 0.6) is 0 Å². The maximum absolute atomic E-state index is 13.1. The van der Waals surface area contributed by atoms with Gasteiger partial charge in [-0.05, 0) is 31.8 Å². The summed E-state index contributed by atoms with van der Waals surface area (Å²) < 4.78 is 47.3. The van der Waals surface area contributed by atoms with Crippen LogP contribution in [-0.4, -0.2) is 57.0 Å². The number of carbonyl (C=O) groups is 1. The maximum Gasteiger partial charge on any atom is 0.350 e. The lowest BCUT2D eigenvalue weighted by atomic mass is 10.1. The molecule has 1 aliphatic heterocycles. The van der Waals surface area contributed by atoms with Gasteiger partial charge in [0.05, 0.1) is 0 Å². The van der Waals surface area contributed by atoms with Crippen LogP contribution in [0.1, 0.15) is 39.3 Å². The molecule has 0 aromatic carbocycles. The van der Waals surface area contributed by atoms with E-state index in [1.165, 1.54) is 6.33 Å². The number of nitrogens with zero attached hydrogens (tertiary/aromatic N) is 3. The van der Waals surface area contributed by atoms with Crippen molar-refractivity contribution >= 4 is 11.7 Å². The summed E-state index contributed by atoms with van der Waals surface area (Å²) in [5.74, 6) is -2.33. The highest BCUT2D eigenvalue weighted by atomic mass is 19.3. The number of allylic oxidation sites excluding steroid dienone is 1. The van der Waals surface area contributed by atoms with Gasteiger partial charge in [-0.25, -0.2) is 18.7 Å². The van der Waals surface area contributed by atoms with Gasteiger partial charge in [0.2, 0.25) is 5.91 Å². The van der Waals surface area contributed by atoms with Gasteiger partial charge < -0.3 is 15.3 Å². The van der Waals surface area contributed by atoms with E-state index in [1.54, 1.807) is 17.9 Å².